The van der Waals surface area contributed by atoms with Gasteiger partial charge in [-0.1, -0.05) is 0 Å². The maximum absolute atomic E-state index is 14.0. The van der Waals surface area contributed by atoms with Crippen LogP contribution in [-0.4, -0.2) is 27.6 Å². The van der Waals surface area contributed by atoms with E-state index in [-0.39, 0.29) is 5.69 Å². The minimum Gasteiger partial charge on any atom is -0.493 e. The summed E-state index contributed by atoms with van der Waals surface area (Å²) in [5.41, 5.74) is 1.32. The summed E-state index contributed by atoms with van der Waals surface area (Å²) in [5, 5.41) is 0.686. The van der Waals surface area contributed by atoms with E-state index in [1.54, 1.807) is 37.4 Å². The van der Waals surface area contributed by atoms with Gasteiger partial charge in [0.25, 0.3) is 10.0 Å². The van der Waals surface area contributed by atoms with Crippen LogP contribution in [-0.2, 0) is 10.0 Å². The topological polar surface area (TPSA) is 86.8 Å². The van der Waals surface area contributed by atoms with Crippen LogP contribution in [0.25, 0.3) is 10.9 Å². The number of rotatable bonds is 7. The van der Waals surface area contributed by atoms with Crippen LogP contribution < -0.4 is 18.9 Å². The highest BCUT2D eigenvalue weighted by molar-refractivity contribution is 7.92. The molecule has 176 valence electrons. The molecule has 0 unspecified atom stereocenters. The van der Waals surface area contributed by atoms with Crippen LogP contribution in [0.2, 0.25) is 0 Å². The van der Waals surface area contributed by atoms with E-state index in [4.69, 9.17) is 14.2 Å². The van der Waals surface area contributed by atoms with Crippen LogP contribution in [0.3, 0.4) is 0 Å². The highest BCUT2D eigenvalue weighted by atomic mass is 32.2. The fraction of sp³-hybridized carbons (Fsp3) is 0.125. The second-order valence-corrected chi connectivity index (χ2v) is 8.92. The largest absolute Gasteiger partial charge is 0.493 e. The Kier molecular flexibility index (Phi) is 6.25. The number of pyridine rings is 1. The number of sulfonamides is 1. The van der Waals surface area contributed by atoms with Gasteiger partial charge in [-0.05, 0) is 67.1 Å². The summed E-state index contributed by atoms with van der Waals surface area (Å²) in [6.07, 6.45) is 1.57. The molecule has 0 saturated heterocycles. The number of benzene rings is 3. The number of anilines is 1. The van der Waals surface area contributed by atoms with Gasteiger partial charge in [-0.3, -0.25) is 9.71 Å². The van der Waals surface area contributed by atoms with Crippen LogP contribution in [0.15, 0.2) is 65.7 Å². The number of hydrogen-bond acceptors (Lipinski definition) is 6. The first-order valence-corrected chi connectivity index (χ1v) is 11.5. The average Bonchev–Trinajstić information content (AvgIpc) is 2.81. The van der Waals surface area contributed by atoms with E-state index >= 15 is 0 Å². The van der Waals surface area contributed by atoms with Crippen LogP contribution in [0.4, 0.5) is 14.5 Å². The molecule has 7 nitrogen and oxygen atoms in total. The Morgan fingerprint density at radius 1 is 0.882 bits per heavy atom. The molecule has 34 heavy (non-hydrogen) atoms. The van der Waals surface area contributed by atoms with Crippen LogP contribution in [0, 0.1) is 18.6 Å². The lowest BCUT2D eigenvalue weighted by Crippen LogP contribution is -2.15. The van der Waals surface area contributed by atoms with Crippen molar-refractivity contribution in [1.29, 1.82) is 0 Å². The predicted octanol–water partition coefficient (Wildman–Crippen LogP) is 5.43. The Morgan fingerprint density at radius 2 is 1.65 bits per heavy atom. The maximum Gasteiger partial charge on any atom is 0.264 e. The lowest BCUT2D eigenvalue weighted by atomic mass is 10.1. The Labute approximate surface area is 195 Å². The number of nitrogens with zero attached hydrogens (tertiary/aromatic N) is 1. The molecular formula is C24H20F2N2O5S. The number of hydrogen-bond donors (Lipinski definition) is 1. The summed E-state index contributed by atoms with van der Waals surface area (Å²) < 4.78 is 71.6. The summed E-state index contributed by atoms with van der Waals surface area (Å²) in [7, 11) is -1.28. The molecule has 1 aromatic heterocycles. The maximum atomic E-state index is 14.0. The van der Waals surface area contributed by atoms with Crippen molar-refractivity contribution in [3.8, 4) is 23.0 Å². The second-order valence-electron chi connectivity index (χ2n) is 7.27. The monoisotopic (exact) mass is 486 g/mol. The van der Waals surface area contributed by atoms with Crippen molar-refractivity contribution in [2.45, 2.75) is 11.8 Å². The lowest BCUT2D eigenvalue weighted by molar-refractivity contribution is 0.358. The number of aryl methyl sites for hydroxylation is 1. The Hall–Kier alpha value is -3.92. The van der Waals surface area contributed by atoms with Crippen LogP contribution in [0.5, 0.6) is 23.0 Å². The SMILES string of the molecule is COc1ccc2c(Oc3ccc(NS(=O)(=O)c4cc(F)ccc4F)cc3C)ccnc2c1OC. The van der Waals surface area contributed by atoms with Crippen molar-refractivity contribution in [3.63, 3.8) is 0 Å². The molecule has 1 heterocycles. The van der Waals surface area contributed by atoms with Gasteiger partial charge >= 0.3 is 0 Å². The van der Waals surface area contributed by atoms with Gasteiger partial charge in [-0.2, -0.15) is 0 Å². The number of halogens is 2. The molecule has 0 atom stereocenters. The first-order valence-electron chi connectivity index (χ1n) is 9.99. The van der Waals surface area contributed by atoms with Crippen molar-refractivity contribution in [2.75, 3.05) is 18.9 Å². The molecular weight excluding hydrogens is 466 g/mol. The molecule has 10 heteroatoms. The molecule has 0 radical (unpaired) electrons. The molecule has 0 bridgehead atoms. The fourth-order valence-electron chi connectivity index (χ4n) is 3.44. The zero-order valence-corrected chi connectivity index (χ0v) is 19.2. The van der Waals surface area contributed by atoms with E-state index in [1.807, 2.05) is 0 Å². The van der Waals surface area contributed by atoms with Gasteiger partial charge in [-0.25, -0.2) is 17.2 Å². The van der Waals surface area contributed by atoms with Crippen molar-refractivity contribution in [1.82, 2.24) is 4.98 Å². The summed E-state index contributed by atoms with van der Waals surface area (Å²) in [6.45, 7) is 1.73. The third-order valence-corrected chi connectivity index (χ3v) is 6.44. The Bertz CT molecular complexity index is 1490. The summed E-state index contributed by atoms with van der Waals surface area (Å²) >= 11 is 0. The molecule has 0 spiro atoms. The van der Waals surface area contributed by atoms with E-state index < -0.39 is 26.6 Å². The second kappa shape index (κ2) is 9.14. The molecule has 0 amide bonds. The van der Waals surface area contributed by atoms with Gasteiger partial charge in [0.05, 0.1) is 14.2 Å². The molecule has 3 aromatic carbocycles. The van der Waals surface area contributed by atoms with Gasteiger partial charge in [0.1, 0.15) is 33.5 Å². The van der Waals surface area contributed by atoms with Gasteiger partial charge in [0, 0.05) is 17.3 Å². The van der Waals surface area contributed by atoms with Crippen LogP contribution in [0.1, 0.15) is 5.56 Å². The summed E-state index contributed by atoms with van der Waals surface area (Å²) in [4.78, 5) is 3.58. The average molecular weight is 486 g/mol. The quantitative estimate of drug-likeness (QED) is 0.375. The van der Waals surface area contributed by atoms with Gasteiger partial charge < -0.3 is 14.2 Å². The lowest BCUT2D eigenvalue weighted by Gasteiger charge is -2.15. The molecule has 0 aliphatic carbocycles. The van der Waals surface area contributed by atoms with E-state index in [0.29, 0.717) is 45.5 Å². The Balaban J connectivity index is 1.64. The number of aromatic nitrogens is 1. The number of methoxy groups -OCH3 is 2. The standard InChI is InChI=1S/C24H20F2N2O5S/c1-14-12-16(28-34(29,30)22-13-15(25)4-7-18(22)26)5-8-19(14)33-20-10-11-27-23-17(20)6-9-21(31-2)24(23)32-3/h4-13,28H,1-3H3. The number of fused-ring (bicyclic) bond motifs is 1. The van der Waals surface area contributed by atoms with Gasteiger partial charge in [0.15, 0.2) is 11.5 Å². The highest BCUT2D eigenvalue weighted by Gasteiger charge is 2.21. The van der Waals surface area contributed by atoms with E-state index in [1.165, 1.54) is 26.4 Å². The van der Waals surface area contributed by atoms with E-state index in [0.717, 1.165) is 12.1 Å². The molecule has 0 saturated carbocycles. The third kappa shape index (κ3) is 4.44. The minimum absolute atomic E-state index is 0.166. The number of ether oxygens (including phenoxy) is 3. The van der Waals surface area contributed by atoms with Crippen molar-refractivity contribution < 1.29 is 31.4 Å². The van der Waals surface area contributed by atoms with Crippen LogP contribution >= 0.6 is 0 Å². The predicted molar refractivity (Wildman–Crippen MR) is 123 cm³/mol. The minimum atomic E-state index is -4.34. The number of nitrogens with one attached hydrogen (secondary N) is 1. The normalized spacial score (nSPS) is 11.3. The molecule has 1 N–H and O–H groups in total. The zero-order valence-electron chi connectivity index (χ0n) is 18.4. The first-order chi connectivity index (χ1) is 16.2. The van der Waals surface area contributed by atoms with E-state index in [9.17, 15) is 17.2 Å². The van der Waals surface area contributed by atoms with Crippen molar-refractivity contribution in [3.05, 3.63) is 78.0 Å². The molecule has 4 aromatic rings. The molecule has 4 rings (SSSR count). The summed E-state index contributed by atoms with van der Waals surface area (Å²) in [6, 6.07) is 12.0. The van der Waals surface area contributed by atoms with E-state index in [2.05, 4.69) is 9.71 Å². The Morgan fingerprint density at radius 3 is 2.35 bits per heavy atom. The molecule has 0 fully saturated rings. The van der Waals surface area contributed by atoms with Crippen molar-refractivity contribution in [2.24, 2.45) is 0 Å². The smallest absolute Gasteiger partial charge is 0.264 e. The van der Waals surface area contributed by atoms with Gasteiger partial charge in [0.2, 0.25) is 0 Å². The fourth-order valence-corrected chi connectivity index (χ4v) is 4.57. The molecule has 0 aliphatic rings. The summed E-state index contributed by atoms with van der Waals surface area (Å²) in [5.74, 6) is 0.0489. The molecule has 0 aliphatic heterocycles. The first kappa shape index (κ1) is 23.2. The highest BCUT2D eigenvalue weighted by Crippen LogP contribution is 2.39. The zero-order chi connectivity index (χ0) is 24.5. The van der Waals surface area contributed by atoms with Gasteiger partial charge in [-0.15, -0.1) is 0 Å². The van der Waals surface area contributed by atoms with Crippen molar-refractivity contribution >= 4 is 26.6 Å². The third-order valence-electron chi connectivity index (χ3n) is 5.04.